The number of nitrogens with zero attached hydrogens (tertiary/aromatic N) is 2. The van der Waals surface area contributed by atoms with Crippen molar-refractivity contribution in [1.82, 2.24) is 0 Å². The van der Waals surface area contributed by atoms with Crippen molar-refractivity contribution in [2.24, 2.45) is 0 Å². The smallest absolute Gasteiger partial charge is 0.266 e. The summed E-state index contributed by atoms with van der Waals surface area (Å²) in [5.74, 6) is -9.32. The molecule has 0 atom stereocenters. The van der Waals surface area contributed by atoms with Crippen LogP contribution in [0, 0.1) is 23.3 Å². The highest BCUT2D eigenvalue weighted by Crippen LogP contribution is 2.54. The molecule has 9 aromatic rings. The van der Waals surface area contributed by atoms with Crippen molar-refractivity contribution in [3.8, 4) is 23.0 Å². The van der Waals surface area contributed by atoms with Gasteiger partial charge in [0.25, 0.3) is 23.6 Å². The second kappa shape index (κ2) is 16.8. The zero-order valence-electron chi connectivity index (χ0n) is 40.6. The number of hydrogen-bond donors (Lipinski definition) is 0. The summed E-state index contributed by atoms with van der Waals surface area (Å²) in [6.45, 7) is 15.7. The number of anilines is 2. The van der Waals surface area contributed by atoms with E-state index in [1.54, 1.807) is 24.3 Å². The number of imide groups is 2. The maximum Gasteiger partial charge on any atom is 0.266 e. The Morgan fingerprint density at radius 1 is 0.361 bits per heavy atom. The minimum atomic E-state index is -1.30. The minimum absolute atomic E-state index is 0.00347. The topological polar surface area (TPSA) is 93.2 Å². The number of rotatable bonds is 10. The van der Waals surface area contributed by atoms with Crippen LogP contribution in [0.25, 0.3) is 43.1 Å². The molecular weight excluding hydrogens is 921 g/mol. The van der Waals surface area contributed by atoms with E-state index in [0.29, 0.717) is 22.1 Å². The Bertz CT molecular complexity index is 3570. The summed E-state index contributed by atoms with van der Waals surface area (Å²) >= 11 is 0. The normalized spacial score (nSPS) is 13.8. The molecule has 0 unspecified atom stereocenters. The van der Waals surface area contributed by atoms with E-state index in [4.69, 9.17) is 9.47 Å². The lowest BCUT2D eigenvalue weighted by molar-refractivity contribution is 0.0877. The Kier molecular flexibility index (Phi) is 10.8. The van der Waals surface area contributed by atoms with Crippen LogP contribution in [0.3, 0.4) is 0 Å². The first kappa shape index (κ1) is 46.3. The average Bonchev–Trinajstić information content (AvgIpc) is 3.35. The fourth-order valence-electron chi connectivity index (χ4n) is 10.9. The van der Waals surface area contributed by atoms with Gasteiger partial charge in [0.2, 0.25) is 11.6 Å². The molecule has 11 rings (SSSR count). The summed E-state index contributed by atoms with van der Waals surface area (Å²) in [7, 11) is 0. The quantitative estimate of drug-likeness (QED) is 0.0587. The zero-order chi connectivity index (χ0) is 50.9. The molecular formula is C60H46F4N2O6. The molecule has 0 N–H and O–H groups in total. The fraction of sp³-hybridized carbons (Fsp3) is 0.200. The lowest BCUT2D eigenvalue weighted by Gasteiger charge is -2.34. The standard InChI is InChI=1S/C60H46F4N2O6/c1-27(2)31-13-9-14-32(28(3)4)55(31)65-57(67)37-23-21-35-50-46(72-44-20-12-18-42(62)54(44)64)26-40-48-38(58(68)66(60(40)70)56-33(29(5)6)15-10-16-34(56)30(7)8)24-22-36(52(48)50)49-45(25-39(59(65)69)47(37)51(35)49)71-43-19-11-17-41(61)53(43)63/h9-30H,1-8H3. The number of fused-ring (bicyclic) bond motifs is 2. The number of amides is 4. The highest BCUT2D eigenvalue weighted by atomic mass is 19.2. The van der Waals surface area contributed by atoms with Crippen LogP contribution in [-0.2, 0) is 0 Å². The molecule has 72 heavy (non-hydrogen) atoms. The maximum absolute atomic E-state index is 15.8. The largest absolute Gasteiger partial charge is 0.453 e. The van der Waals surface area contributed by atoms with Gasteiger partial charge in [-0.05, 0) is 105 Å². The summed E-state index contributed by atoms with van der Waals surface area (Å²) < 4.78 is 74.5. The second-order valence-corrected chi connectivity index (χ2v) is 19.8. The molecule has 9 aromatic carbocycles. The predicted molar refractivity (Wildman–Crippen MR) is 272 cm³/mol. The molecule has 0 spiro atoms. The van der Waals surface area contributed by atoms with Gasteiger partial charge in [-0.15, -0.1) is 0 Å². The Hall–Kier alpha value is -8.12. The van der Waals surface area contributed by atoms with E-state index in [-0.39, 0.29) is 89.7 Å². The summed E-state index contributed by atoms with van der Waals surface area (Å²) in [5.41, 5.74) is 4.18. The zero-order valence-corrected chi connectivity index (χ0v) is 40.6. The Labute approximate surface area is 411 Å². The molecule has 360 valence electrons. The van der Waals surface area contributed by atoms with Crippen molar-refractivity contribution in [2.45, 2.75) is 79.1 Å². The molecule has 0 aromatic heterocycles. The van der Waals surface area contributed by atoms with Gasteiger partial charge in [-0.2, -0.15) is 8.78 Å². The van der Waals surface area contributed by atoms with Gasteiger partial charge >= 0.3 is 0 Å². The summed E-state index contributed by atoms with van der Waals surface area (Å²) in [5, 5.41) is 2.00. The number of carbonyl (C=O) groups is 4. The van der Waals surface area contributed by atoms with Gasteiger partial charge in [-0.25, -0.2) is 18.6 Å². The molecule has 4 amide bonds. The molecule has 12 heteroatoms. The number of benzene rings is 9. The van der Waals surface area contributed by atoms with E-state index in [1.807, 2.05) is 91.8 Å². The summed E-state index contributed by atoms with van der Waals surface area (Å²) in [6.07, 6.45) is 0. The van der Waals surface area contributed by atoms with Gasteiger partial charge in [0, 0.05) is 43.4 Å². The number of hydrogen-bond acceptors (Lipinski definition) is 6. The molecule has 2 aliphatic rings. The van der Waals surface area contributed by atoms with Crippen LogP contribution in [-0.4, -0.2) is 23.6 Å². The number of para-hydroxylation sites is 2. The van der Waals surface area contributed by atoms with Crippen molar-refractivity contribution in [2.75, 3.05) is 9.80 Å². The summed E-state index contributed by atoms with van der Waals surface area (Å²) in [4.78, 5) is 63.8. The third kappa shape index (κ3) is 6.64. The summed E-state index contributed by atoms with van der Waals surface area (Å²) in [6, 6.07) is 27.4. The van der Waals surface area contributed by atoms with E-state index in [9.17, 15) is 0 Å². The van der Waals surface area contributed by atoms with Gasteiger partial charge in [0.05, 0.1) is 22.5 Å². The predicted octanol–water partition coefficient (Wildman–Crippen LogP) is 16.0. The van der Waals surface area contributed by atoms with Gasteiger partial charge in [0.1, 0.15) is 11.5 Å². The molecule has 8 nitrogen and oxygen atoms in total. The van der Waals surface area contributed by atoms with E-state index in [1.165, 1.54) is 46.2 Å². The Morgan fingerprint density at radius 2 is 0.681 bits per heavy atom. The van der Waals surface area contributed by atoms with Crippen LogP contribution < -0.4 is 19.3 Å². The fourth-order valence-corrected chi connectivity index (χ4v) is 10.9. The average molecular weight is 967 g/mol. The van der Waals surface area contributed by atoms with Crippen LogP contribution in [0.5, 0.6) is 23.0 Å². The van der Waals surface area contributed by atoms with Gasteiger partial charge < -0.3 is 9.47 Å². The van der Waals surface area contributed by atoms with Crippen LogP contribution >= 0.6 is 0 Å². The van der Waals surface area contributed by atoms with Gasteiger partial charge in [0.15, 0.2) is 23.1 Å². The minimum Gasteiger partial charge on any atom is -0.453 e. The molecule has 2 aliphatic heterocycles. The van der Waals surface area contributed by atoms with Crippen molar-refractivity contribution in [3.63, 3.8) is 0 Å². The first-order valence-electron chi connectivity index (χ1n) is 24.0. The molecule has 0 saturated heterocycles. The lowest BCUT2D eigenvalue weighted by Crippen LogP contribution is -2.42. The molecule has 0 fully saturated rings. The molecule has 0 radical (unpaired) electrons. The highest BCUT2D eigenvalue weighted by molar-refractivity contribution is 6.46. The molecule has 2 heterocycles. The van der Waals surface area contributed by atoms with E-state index in [0.717, 1.165) is 34.4 Å². The number of carbonyl (C=O) groups excluding carboxylic acids is 4. The van der Waals surface area contributed by atoms with Crippen molar-refractivity contribution in [3.05, 3.63) is 177 Å². The Balaban J connectivity index is 1.29. The van der Waals surface area contributed by atoms with Gasteiger partial charge in [-0.1, -0.05) is 116 Å². The second-order valence-electron chi connectivity index (χ2n) is 19.8. The van der Waals surface area contributed by atoms with Crippen molar-refractivity contribution in [1.29, 1.82) is 0 Å². The van der Waals surface area contributed by atoms with Crippen molar-refractivity contribution < 1.29 is 46.2 Å². The SMILES string of the molecule is CC(C)c1cccc(C(C)C)c1N1C(=O)c2ccc3c4c(Oc5cccc(F)c5F)cc5c6c(ccc(c7c(Oc8cccc(F)c8F)cc(c2c37)C1=O)c64)C(=O)N(c1c(C(C)C)cccc1C(C)C)C5=O. The Morgan fingerprint density at radius 3 is 1.01 bits per heavy atom. The lowest BCUT2D eigenvalue weighted by atomic mass is 9.80. The van der Waals surface area contributed by atoms with Crippen LogP contribution in [0.15, 0.2) is 109 Å². The van der Waals surface area contributed by atoms with E-state index >= 15 is 36.7 Å². The highest BCUT2D eigenvalue weighted by Gasteiger charge is 2.42. The third-order valence-electron chi connectivity index (χ3n) is 14.2. The first-order chi connectivity index (χ1) is 34.4. The van der Waals surface area contributed by atoms with Crippen LogP contribution in [0.2, 0.25) is 0 Å². The van der Waals surface area contributed by atoms with Gasteiger partial charge in [-0.3, -0.25) is 19.2 Å². The third-order valence-corrected chi connectivity index (χ3v) is 14.2. The molecule has 0 aliphatic carbocycles. The number of ether oxygens (including phenoxy) is 2. The first-order valence-corrected chi connectivity index (χ1v) is 24.0. The van der Waals surface area contributed by atoms with Crippen LogP contribution in [0.1, 0.15) is 143 Å². The van der Waals surface area contributed by atoms with Crippen molar-refractivity contribution >= 4 is 78.1 Å². The molecule has 0 saturated carbocycles. The van der Waals surface area contributed by atoms with E-state index in [2.05, 4.69) is 0 Å². The van der Waals surface area contributed by atoms with E-state index < -0.39 is 58.4 Å². The maximum atomic E-state index is 15.8. The monoisotopic (exact) mass is 966 g/mol. The number of halogens is 4. The van der Waals surface area contributed by atoms with Crippen LogP contribution in [0.4, 0.5) is 28.9 Å². The molecule has 0 bridgehead atoms.